The van der Waals surface area contributed by atoms with Gasteiger partial charge in [0.05, 0.1) is 20.8 Å². The molecule has 7 heteroatoms. The van der Waals surface area contributed by atoms with Crippen LogP contribution in [0.5, 0.6) is 17.2 Å². The molecule has 0 fully saturated rings. The van der Waals surface area contributed by atoms with Gasteiger partial charge in [0.2, 0.25) is 5.75 Å². The summed E-state index contributed by atoms with van der Waals surface area (Å²) in [5.41, 5.74) is 2.56. The highest BCUT2D eigenvalue weighted by Gasteiger charge is 2.14. The quantitative estimate of drug-likeness (QED) is 0.535. The number of hydrogen-bond acceptors (Lipinski definition) is 4. The van der Waals surface area contributed by atoms with Gasteiger partial charge < -0.3 is 24.8 Å². The number of halogens is 1. The first-order chi connectivity index (χ1) is 13.5. The third-order valence-corrected chi connectivity index (χ3v) is 4.17. The number of nitrogens with one attached hydrogen (secondary N) is 2. The van der Waals surface area contributed by atoms with Crippen LogP contribution in [0.1, 0.15) is 23.6 Å². The van der Waals surface area contributed by atoms with Crippen LogP contribution in [0.25, 0.3) is 0 Å². The van der Waals surface area contributed by atoms with Crippen molar-refractivity contribution >= 4 is 5.96 Å². The van der Waals surface area contributed by atoms with Crippen LogP contribution in [0, 0.1) is 12.7 Å². The van der Waals surface area contributed by atoms with E-state index in [1.807, 2.05) is 25.1 Å². The zero-order valence-electron chi connectivity index (χ0n) is 17.1. The van der Waals surface area contributed by atoms with E-state index in [2.05, 4.69) is 15.6 Å². The molecule has 0 unspecified atom stereocenters. The fourth-order valence-corrected chi connectivity index (χ4v) is 2.73. The standard InChI is InChI=1S/C21H28FN3O3/c1-6-28-20-18(26-4)10-16(11-19(20)27-5)13-25-21(23-3)24-12-15-7-8-17(22)14(2)9-15/h7-11H,6,12-13H2,1-5H3,(H2,23,24,25). The first kappa shape index (κ1) is 21.3. The van der Waals surface area contributed by atoms with Gasteiger partial charge in [0.15, 0.2) is 17.5 Å². The SMILES string of the molecule is CCOc1c(OC)cc(CNC(=NC)NCc2ccc(F)c(C)c2)cc1OC. The van der Waals surface area contributed by atoms with Gasteiger partial charge in [-0.25, -0.2) is 4.39 Å². The number of rotatable bonds is 8. The lowest BCUT2D eigenvalue weighted by atomic mass is 10.1. The number of ether oxygens (including phenoxy) is 3. The highest BCUT2D eigenvalue weighted by atomic mass is 19.1. The number of nitrogens with zero attached hydrogens (tertiary/aromatic N) is 1. The van der Waals surface area contributed by atoms with Gasteiger partial charge in [0.25, 0.3) is 0 Å². The maximum Gasteiger partial charge on any atom is 0.203 e. The number of hydrogen-bond donors (Lipinski definition) is 2. The average molecular weight is 389 g/mol. The molecule has 0 atom stereocenters. The summed E-state index contributed by atoms with van der Waals surface area (Å²) < 4.78 is 29.9. The Balaban J connectivity index is 2.03. The van der Waals surface area contributed by atoms with Crippen LogP contribution in [0.4, 0.5) is 4.39 Å². The average Bonchev–Trinajstić information content (AvgIpc) is 2.71. The molecular formula is C21H28FN3O3. The molecule has 2 rings (SSSR count). The van der Waals surface area contributed by atoms with Crippen molar-refractivity contribution in [2.24, 2.45) is 4.99 Å². The molecule has 0 amide bonds. The molecule has 0 saturated carbocycles. The van der Waals surface area contributed by atoms with Crippen molar-refractivity contribution < 1.29 is 18.6 Å². The summed E-state index contributed by atoms with van der Waals surface area (Å²) in [6.45, 7) is 5.23. The molecule has 0 spiro atoms. The maximum atomic E-state index is 13.4. The van der Waals surface area contributed by atoms with E-state index in [4.69, 9.17) is 14.2 Å². The van der Waals surface area contributed by atoms with Gasteiger partial charge in [-0.1, -0.05) is 12.1 Å². The van der Waals surface area contributed by atoms with E-state index in [-0.39, 0.29) is 5.82 Å². The van der Waals surface area contributed by atoms with Crippen LogP contribution < -0.4 is 24.8 Å². The lowest BCUT2D eigenvalue weighted by molar-refractivity contribution is 0.288. The lowest BCUT2D eigenvalue weighted by Crippen LogP contribution is -2.36. The first-order valence-electron chi connectivity index (χ1n) is 9.09. The van der Waals surface area contributed by atoms with Crippen LogP contribution in [0.15, 0.2) is 35.3 Å². The molecule has 0 aliphatic rings. The Morgan fingerprint density at radius 3 is 2.11 bits per heavy atom. The molecule has 0 aliphatic carbocycles. The van der Waals surface area contributed by atoms with Crippen LogP contribution in [0.3, 0.4) is 0 Å². The Kier molecular flexibility index (Phi) is 7.92. The van der Waals surface area contributed by atoms with Crippen molar-refractivity contribution in [2.45, 2.75) is 26.9 Å². The van der Waals surface area contributed by atoms with Crippen molar-refractivity contribution in [3.05, 3.63) is 52.8 Å². The van der Waals surface area contributed by atoms with E-state index in [1.54, 1.807) is 34.3 Å². The van der Waals surface area contributed by atoms with Crippen LogP contribution in [-0.4, -0.2) is 33.8 Å². The molecule has 0 aromatic heterocycles. The number of aryl methyl sites for hydroxylation is 1. The summed E-state index contributed by atoms with van der Waals surface area (Å²) in [5.74, 6) is 2.24. The minimum absolute atomic E-state index is 0.204. The number of methoxy groups -OCH3 is 2. The topological polar surface area (TPSA) is 64.1 Å². The highest BCUT2D eigenvalue weighted by Crippen LogP contribution is 2.38. The second kappa shape index (κ2) is 10.4. The van der Waals surface area contributed by atoms with Gasteiger partial charge in [-0.3, -0.25) is 4.99 Å². The van der Waals surface area contributed by atoms with E-state index in [0.29, 0.717) is 48.5 Å². The normalized spacial score (nSPS) is 11.1. The largest absolute Gasteiger partial charge is 0.493 e. The minimum atomic E-state index is -0.204. The van der Waals surface area contributed by atoms with Gasteiger partial charge in [-0.2, -0.15) is 0 Å². The van der Waals surface area contributed by atoms with E-state index < -0.39 is 0 Å². The number of guanidine groups is 1. The predicted octanol–water partition coefficient (Wildman–Crippen LogP) is 3.42. The maximum absolute atomic E-state index is 13.4. The van der Waals surface area contributed by atoms with E-state index >= 15 is 0 Å². The third kappa shape index (κ3) is 5.52. The Morgan fingerprint density at radius 1 is 1.00 bits per heavy atom. The number of aliphatic imine (C=N–C) groups is 1. The highest BCUT2D eigenvalue weighted by molar-refractivity contribution is 5.79. The third-order valence-electron chi connectivity index (χ3n) is 4.17. The molecule has 28 heavy (non-hydrogen) atoms. The van der Waals surface area contributed by atoms with Crippen molar-refractivity contribution in [2.75, 3.05) is 27.9 Å². The molecular weight excluding hydrogens is 361 g/mol. The van der Waals surface area contributed by atoms with Crippen LogP contribution in [-0.2, 0) is 13.1 Å². The van der Waals surface area contributed by atoms with E-state index in [9.17, 15) is 4.39 Å². The summed E-state index contributed by atoms with van der Waals surface area (Å²) in [7, 11) is 4.89. The van der Waals surface area contributed by atoms with Crippen molar-refractivity contribution in [1.82, 2.24) is 10.6 Å². The number of benzene rings is 2. The fraction of sp³-hybridized carbons (Fsp3) is 0.381. The summed E-state index contributed by atoms with van der Waals surface area (Å²) >= 11 is 0. The van der Waals surface area contributed by atoms with Crippen molar-refractivity contribution in [1.29, 1.82) is 0 Å². The minimum Gasteiger partial charge on any atom is -0.493 e. The summed E-state index contributed by atoms with van der Waals surface area (Å²) in [5, 5.41) is 6.47. The molecule has 2 aromatic carbocycles. The predicted molar refractivity (Wildman–Crippen MR) is 109 cm³/mol. The van der Waals surface area contributed by atoms with E-state index in [1.165, 1.54) is 6.07 Å². The Labute approximate surface area is 165 Å². The van der Waals surface area contributed by atoms with Gasteiger partial charge in [0.1, 0.15) is 5.82 Å². The zero-order chi connectivity index (χ0) is 20.5. The zero-order valence-corrected chi connectivity index (χ0v) is 17.1. The Bertz CT molecular complexity index is 800. The lowest BCUT2D eigenvalue weighted by Gasteiger charge is -2.17. The van der Waals surface area contributed by atoms with Crippen LogP contribution >= 0.6 is 0 Å². The molecule has 0 radical (unpaired) electrons. The smallest absolute Gasteiger partial charge is 0.203 e. The molecule has 6 nitrogen and oxygen atoms in total. The molecule has 2 N–H and O–H groups in total. The second-order valence-electron chi connectivity index (χ2n) is 6.13. The monoisotopic (exact) mass is 389 g/mol. The fourth-order valence-electron chi connectivity index (χ4n) is 2.73. The second-order valence-corrected chi connectivity index (χ2v) is 6.13. The van der Waals surface area contributed by atoms with Crippen molar-refractivity contribution in [3.63, 3.8) is 0 Å². The molecule has 0 aliphatic heterocycles. The molecule has 0 heterocycles. The van der Waals surface area contributed by atoms with E-state index in [0.717, 1.165) is 11.1 Å². The van der Waals surface area contributed by atoms with Gasteiger partial charge in [0, 0.05) is 20.1 Å². The first-order valence-corrected chi connectivity index (χ1v) is 9.09. The summed E-state index contributed by atoms with van der Waals surface area (Å²) in [6.07, 6.45) is 0. The summed E-state index contributed by atoms with van der Waals surface area (Å²) in [6, 6.07) is 8.85. The van der Waals surface area contributed by atoms with Crippen LogP contribution in [0.2, 0.25) is 0 Å². The molecule has 0 bridgehead atoms. The molecule has 152 valence electrons. The van der Waals surface area contributed by atoms with Gasteiger partial charge in [-0.15, -0.1) is 0 Å². The van der Waals surface area contributed by atoms with Crippen molar-refractivity contribution in [3.8, 4) is 17.2 Å². The Morgan fingerprint density at radius 2 is 1.61 bits per heavy atom. The molecule has 2 aromatic rings. The van der Waals surface area contributed by atoms with Gasteiger partial charge in [-0.05, 0) is 48.7 Å². The van der Waals surface area contributed by atoms with Gasteiger partial charge >= 0.3 is 0 Å². The Hall–Kier alpha value is -2.96. The summed E-state index contributed by atoms with van der Waals surface area (Å²) in [4.78, 5) is 4.22. The molecule has 0 saturated heterocycles.